The maximum Gasteiger partial charge on any atom is 0.332 e. The monoisotopic (exact) mass is 452 g/mol. The van der Waals surface area contributed by atoms with Gasteiger partial charge in [-0.1, -0.05) is 31.7 Å². The molecular weight excluding hydrogens is 428 g/mol. The van der Waals surface area contributed by atoms with E-state index in [1.54, 1.807) is 19.2 Å². The maximum absolute atomic E-state index is 13.0. The van der Waals surface area contributed by atoms with Crippen molar-refractivity contribution in [3.63, 3.8) is 0 Å². The van der Waals surface area contributed by atoms with Crippen LogP contribution in [0, 0.1) is 19.8 Å². The van der Waals surface area contributed by atoms with Crippen molar-refractivity contribution < 1.29 is 0 Å². The molecule has 0 unspecified atom stereocenters. The summed E-state index contributed by atoms with van der Waals surface area (Å²) in [7, 11) is 1.46. The van der Waals surface area contributed by atoms with Crippen LogP contribution in [0.3, 0.4) is 0 Å². The fraction of sp³-hybridized carbons (Fsp3) is 0.364. The third-order valence-electron chi connectivity index (χ3n) is 5.03. The zero-order chi connectivity index (χ0) is 23.2. The van der Waals surface area contributed by atoms with E-state index in [1.165, 1.54) is 33.8 Å². The molecule has 0 aliphatic heterocycles. The van der Waals surface area contributed by atoms with Crippen LogP contribution in [0.1, 0.15) is 30.9 Å². The number of thioether (sulfide) groups is 1. The summed E-state index contributed by atoms with van der Waals surface area (Å²) in [6.45, 7) is 8.08. The Morgan fingerprint density at radius 3 is 2.53 bits per heavy atom. The molecule has 0 fully saturated rings. The van der Waals surface area contributed by atoms with Gasteiger partial charge in [-0.2, -0.15) is 0 Å². The van der Waals surface area contributed by atoms with Crippen LogP contribution in [0.2, 0.25) is 0 Å². The lowest BCUT2D eigenvalue weighted by Gasteiger charge is -2.15. The smallest absolute Gasteiger partial charge is 0.277 e. The van der Waals surface area contributed by atoms with Gasteiger partial charge in [0.25, 0.3) is 11.1 Å². The molecule has 0 N–H and O–H groups in total. The van der Waals surface area contributed by atoms with Crippen LogP contribution in [0.4, 0.5) is 0 Å². The van der Waals surface area contributed by atoms with Crippen molar-refractivity contribution in [2.24, 2.45) is 13.0 Å². The Balaban J connectivity index is 1.82. The third kappa shape index (κ3) is 3.97. The van der Waals surface area contributed by atoms with E-state index in [0.717, 1.165) is 10.1 Å². The molecule has 4 heterocycles. The molecule has 0 bridgehead atoms. The van der Waals surface area contributed by atoms with E-state index in [-0.39, 0.29) is 11.5 Å². The van der Waals surface area contributed by atoms with Gasteiger partial charge in [0.05, 0.1) is 5.69 Å². The minimum absolute atomic E-state index is 0.167. The number of hydrogen-bond acceptors (Lipinski definition) is 7. The van der Waals surface area contributed by atoms with E-state index in [0.29, 0.717) is 45.5 Å². The molecule has 0 aliphatic carbocycles. The number of rotatable bonds is 5. The SMILES string of the molecule is Cc1ccc2nc(CSc3nc(C)nc4c3c(=O)n(C)c(=O)n4CC(C)C)cc(=O)n2c1. The van der Waals surface area contributed by atoms with Crippen LogP contribution in [-0.4, -0.2) is 28.5 Å². The molecule has 0 saturated carbocycles. The lowest BCUT2D eigenvalue weighted by Crippen LogP contribution is -2.39. The van der Waals surface area contributed by atoms with E-state index in [1.807, 2.05) is 26.8 Å². The Morgan fingerprint density at radius 1 is 1.06 bits per heavy atom. The fourth-order valence-corrected chi connectivity index (χ4v) is 4.50. The van der Waals surface area contributed by atoms with Crippen LogP contribution < -0.4 is 16.8 Å². The van der Waals surface area contributed by atoms with Gasteiger partial charge in [-0.3, -0.25) is 23.1 Å². The predicted molar refractivity (Wildman–Crippen MR) is 124 cm³/mol. The molecule has 0 spiro atoms. The highest BCUT2D eigenvalue weighted by molar-refractivity contribution is 7.98. The molecular formula is C22H24N6O3S. The maximum atomic E-state index is 13.0. The van der Waals surface area contributed by atoms with Crippen molar-refractivity contribution in [2.45, 2.75) is 45.0 Å². The summed E-state index contributed by atoms with van der Waals surface area (Å²) in [5.41, 5.74) is 1.45. The first-order valence-corrected chi connectivity index (χ1v) is 11.2. The second-order valence-corrected chi connectivity index (χ2v) is 9.20. The van der Waals surface area contributed by atoms with Gasteiger partial charge in [0, 0.05) is 31.6 Å². The Labute approximate surface area is 187 Å². The van der Waals surface area contributed by atoms with E-state index >= 15 is 0 Å². The quantitative estimate of drug-likeness (QED) is 0.337. The van der Waals surface area contributed by atoms with Crippen LogP contribution in [0.25, 0.3) is 16.7 Å². The van der Waals surface area contributed by atoms with Gasteiger partial charge < -0.3 is 0 Å². The van der Waals surface area contributed by atoms with Crippen molar-refractivity contribution in [1.82, 2.24) is 28.5 Å². The minimum Gasteiger partial charge on any atom is -0.277 e. The summed E-state index contributed by atoms with van der Waals surface area (Å²) in [4.78, 5) is 51.7. The molecule has 0 atom stereocenters. The fourth-order valence-electron chi connectivity index (χ4n) is 3.55. The van der Waals surface area contributed by atoms with E-state index in [9.17, 15) is 14.4 Å². The number of fused-ring (bicyclic) bond motifs is 2. The van der Waals surface area contributed by atoms with E-state index in [4.69, 9.17) is 0 Å². The molecule has 4 aromatic rings. The second kappa shape index (κ2) is 8.34. The van der Waals surface area contributed by atoms with Crippen LogP contribution >= 0.6 is 11.8 Å². The summed E-state index contributed by atoms with van der Waals surface area (Å²) in [5, 5.41) is 0.771. The first-order chi connectivity index (χ1) is 15.2. The Bertz CT molecular complexity index is 1530. The minimum atomic E-state index is -0.436. The van der Waals surface area contributed by atoms with Gasteiger partial charge in [-0.15, -0.1) is 0 Å². The highest BCUT2D eigenvalue weighted by Crippen LogP contribution is 2.25. The van der Waals surface area contributed by atoms with E-state index in [2.05, 4.69) is 15.0 Å². The number of nitrogens with zero attached hydrogens (tertiary/aromatic N) is 6. The second-order valence-electron chi connectivity index (χ2n) is 8.23. The zero-order valence-electron chi connectivity index (χ0n) is 18.6. The molecule has 0 aromatic carbocycles. The molecule has 4 rings (SSSR count). The number of hydrogen-bond donors (Lipinski definition) is 0. The van der Waals surface area contributed by atoms with Crippen molar-refractivity contribution in [3.8, 4) is 0 Å². The predicted octanol–water partition coefficient (Wildman–Crippen LogP) is 2.06. The normalized spacial score (nSPS) is 11.7. The number of aryl methyl sites for hydroxylation is 2. The Hall–Kier alpha value is -3.27. The molecule has 166 valence electrons. The molecule has 0 aliphatic rings. The molecule has 0 amide bonds. The Morgan fingerprint density at radius 2 is 1.81 bits per heavy atom. The molecule has 0 radical (unpaired) electrons. The summed E-state index contributed by atoms with van der Waals surface area (Å²) in [5.74, 6) is 1.00. The summed E-state index contributed by atoms with van der Waals surface area (Å²) < 4.78 is 4.13. The van der Waals surface area contributed by atoms with Gasteiger partial charge in [0.2, 0.25) is 0 Å². The average molecular weight is 453 g/mol. The lowest BCUT2D eigenvalue weighted by atomic mass is 10.2. The van der Waals surface area contributed by atoms with Crippen molar-refractivity contribution in [2.75, 3.05) is 0 Å². The Kier molecular flexibility index (Phi) is 5.72. The topological polar surface area (TPSA) is 104 Å². The number of aromatic nitrogens is 6. The average Bonchev–Trinajstić information content (AvgIpc) is 2.73. The first kappa shape index (κ1) is 21.9. The van der Waals surface area contributed by atoms with Gasteiger partial charge in [-0.05, 0) is 31.4 Å². The van der Waals surface area contributed by atoms with E-state index < -0.39 is 11.2 Å². The molecule has 9 nitrogen and oxygen atoms in total. The van der Waals surface area contributed by atoms with Gasteiger partial charge >= 0.3 is 5.69 Å². The molecule has 10 heteroatoms. The summed E-state index contributed by atoms with van der Waals surface area (Å²) >= 11 is 1.30. The highest BCUT2D eigenvalue weighted by atomic mass is 32.2. The van der Waals surface area contributed by atoms with Crippen molar-refractivity contribution >= 4 is 28.4 Å². The van der Waals surface area contributed by atoms with Crippen LogP contribution in [-0.2, 0) is 19.3 Å². The molecule has 0 saturated heterocycles. The van der Waals surface area contributed by atoms with Crippen molar-refractivity contribution in [3.05, 3.63) is 72.7 Å². The first-order valence-electron chi connectivity index (χ1n) is 10.3. The summed E-state index contributed by atoms with van der Waals surface area (Å²) in [6.07, 6.45) is 1.75. The third-order valence-corrected chi connectivity index (χ3v) is 6.03. The van der Waals surface area contributed by atoms with Gasteiger partial charge in [-0.25, -0.2) is 19.7 Å². The zero-order valence-corrected chi connectivity index (χ0v) is 19.4. The molecule has 4 aromatic heterocycles. The molecule has 32 heavy (non-hydrogen) atoms. The van der Waals surface area contributed by atoms with Crippen LogP contribution in [0.15, 0.2) is 43.8 Å². The summed E-state index contributed by atoms with van der Waals surface area (Å²) in [6, 6.07) is 5.19. The standard InChI is InChI=1S/C22H24N6O3S/c1-12(2)9-28-19-18(21(30)26(5)22(28)31)20(24-14(4)23-19)32-11-15-8-17(29)27-10-13(3)6-7-16(27)25-15/h6-8,10,12H,9,11H2,1-5H3. The van der Waals surface area contributed by atoms with Gasteiger partial charge in [0.1, 0.15) is 21.9 Å². The van der Waals surface area contributed by atoms with Crippen LogP contribution in [0.5, 0.6) is 0 Å². The largest absolute Gasteiger partial charge is 0.332 e. The van der Waals surface area contributed by atoms with Gasteiger partial charge in [0.15, 0.2) is 5.65 Å². The highest BCUT2D eigenvalue weighted by Gasteiger charge is 2.19. The number of pyridine rings is 1. The van der Waals surface area contributed by atoms with Crippen molar-refractivity contribution in [1.29, 1.82) is 0 Å². The lowest BCUT2D eigenvalue weighted by molar-refractivity contribution is 0.498.